The minimum atomic E-state index is -0.0713. The van der Waals surface area contributed by atoms with Gasteiger partial charge in [-0.3, -0.25) is 4.79 Å². The van der Waals surface area contributed by atoms with Crippen LogP contribution >= 0.6 is 0 Å². The summed E-state index contributed by atoms with van der Waals surface area (Å²) in [5.74, 6) is -0.0713. The van der Waals surface area contributed by atoms with Crippen LogP contribution in [0.5, 0.6) is 0 Å². The first-order valence-corrected chi connectivity index (χ1v) is 7.31. The average Bonchev–Trinajstić information content (AvgIpc) is 2.35. The molecule has 0 atom stereocenters. The van der Waals surface area contributed by atoms with Crippen molar-refractivity contribution in [3.63, 3.8) is 0 Å². The van der Waals surface area contributed by atoms with E-state index in [0.717, 1.165) is 12.8 Å². The molecule has 1 amide bonds. The van der Waals surface area contributed by atoms with Gasteiger partial charge in [-0.05, 0) is 64.8 Å². The Kier molecular flexibility index (Phi) is 4.06. The Morgan fingerprint density at radius 2 is 1.71 bits per heavy atom. The highest BCUT2D eigenvalue weighted by Gasteiger charge is 2.38. The van der Waals surface area contributed by atoms with E-state index in [-0.39, 0.29) is 23.0 Å². The molecule has 2 N–H and O–H groups in total. The van der Waals surface area contributed by atoms with E-state index >= 15 is 0 Å². The number of hydrogen-bond acceptors (Lipinski definition) is 3. The maximum atomic E-state index is 12.3. The molecule has 0 unspecified atom stereocenters. The highest BCUT2D eigenvalue weighted by atomic mass is 16.1. The molecule has 1 aliphatic heterocycles. The summed E-state index contributed by atoms with van der Waals surface area (Å²) >= 11 is 0. The molecule has 0 aliphatic carbocycles. The Morgan fingerprint density at radius 3 is 2.19 bits per heavy atom. The summed E-state index contributed by atoms with van der Waals surface area (Å²) in [6.07, 6.45) is 1.80. The number of carbonyl (C=O) groups excluding carboxylic acids is 1. The molecule has 4 heteroatoms. The van der Waals surface area contributed by atoms with Crippen LogP contribution in [0.4, 0.5) is 0 Å². The van der Waals surface area contributed by atoms with E-state index in [9.17, 15) is 4.79 Å². The zero-order valence-electron chi connectivity index (χ0n) is 13.2. The number of nitrogens with zero attached hydrogens (tertiary/aromatic N) is 1. The number of rotatable bonds is 2. The Balaban J connectivity index is 2.06. The predicted octanol–water partition coefficient (Wildman–Crippen LogP) is 2.60. The van der Waals surface area contributed by atoms with E-state index in [4.69, 9.17) is 5.26 Å². The molecule has 0 saturated carbocycles. The lowest BCUT2D eigenvalue weighted by atomic mass is 9.79. The lowest BCUT2D eigenvalue weighted by Gasteiger charge is -2.46. The summed E-state index contributed by atoms with van der Waals surface area (Å²) in [4.78, 5) is 12.3. The average molecular weight is 285 g/mol. The van der Waals surface area contributed by atoms with Gasteiger partial charge in [0.05, 0.1) is 11.6 Å². The number of benzene rings is 1. The summed E-state index contributed by atoms with van der Waals surface area (Å²) in [5, 5.41) is 15.5. The Hall–Kier alpha value is -1.86. The first kappa shape index (κ1) is 15.5. The molecule has 1 aromatic carbocycles. The predicted molar refractivity (Wildman–Crippen MR) is 82.9 cm³/mol. The fraction of sp³-hybridized carbons (Fsp3) is 0.529. The van der Waals surface area contributed by atoms with Gasteiger partial charge in [0.1, 0.15) is 0 Å². The van der Waals surface area contributed by atoms with Gasteiger partial charge in [0, 0.05) is 22.7 Å². The summed E-state index contributed by atoms with van der Waals surface area (Å²) in [6, 6.07) is 8.95. The highest BCUT2D eigenvalue weighted by Crippen LogP contribution is 2.28. The second-order valence-electron chi connectivity index (χ2n) is 7.16. The number of piperidine rings is 1. The molecule has 1 heterocycles. The largest absolute Gasteiger partial charge is 0.349 e. The number of nitriles is 1. The van der Waals surface area contributed by atoms with Crippen molar-refractivity contribution >= 4 is 5.91 Å². The molecular weight excluding hydrogens is 262 g/mol. The maximum Gasteiger partial charge on any atom is 0.251 e. The van der Waals surface area contributed by atoms with E-state index < -0.39 is 0 Å². The third-order valence-electron chi connectivity index (χ3n) is 3.80. The molecule has 0 spiro atoms. The molecule has 1 fully saturated rings. The first-order valence-electron chi connectivity index (χ1n) is 7.31. The monoisotopic (exact) mass is 285 g/mol. The zero-order chi connectivity index (χ0) is 15.7. The molecule has 1 saturated heterocycles. The molecule has 2 rings (SSSR count). The topological polar surface area (TPSA) is 64.9 Å². The number of nitrogens with one attached hydrogen (secondary N) is 2. The van der Waals surface area contributed by atoms with Gasteiger partial charge in [0.15, 0.2) is 0 Å². The van der Waals surface area contributed by atoms with Crippen LogP contribution in [0.2, 0.25) is 0 Å². The van der Waals surface area contributed by atoms with E-state index in [1.54, 1.807) is 24.3 Å². The van der Waals surface area contributed by atoms with Gasteiger partial charge in [-0.2, -0.15) is 5.26 Å². The lowest BCUT2D eigenvalue weighted by molar-refractivity contribution is 0.0873. The number of carbonyl (C=O) groups is 1. The van der Waals surface area contributed by atoms with Crippen molar-refractivity contribution in [1.82, 2.24) is 10.6 Å². The third kappa shape index (κ3) is 4.05. The van der Waals surface area contributed by atoms with E-state index in [0.29, 0.717) is 11.1 Å². The van der Waals surface area contributed by atoms with Crippen molar-refractivity contribution in [2.75, 3.05) is 0 Å². The van der Waals surface area contributed by atoms with Gasteiger partial charge < -0.3 is 10.6 Å². The van der Waals surface area contributed by atoms with Crippen molar-refractivity contribution in [2.24, 2.45) is 0 Å². The highest BCUT2D eigenvalue weighted by molar-refractivity contribution is 5.94. The second kappa shape index (κ2) is 5.50. The second-order valence-corrected chi connectivity index (χ2v) is 7.16. The molecule has 0 radical (unpaired) electrons. The van der Waals surface area contributed by atoms with Gasteiger partial charge in [0.2, 0.25) is 0 Å². The van der Waals surface area contributed by atoms with Gasteiger partial charge in [-0.15, -0.1) is 0 Å². The van der Waals surface area contributed by atoms with Gasteiger partial charge in [-0.1, -0.05) is 0 Å². The van der Waals surface area contributed by atoms with Crippen LogP contribution in [-0.2, 0) is 0 Å². The van der Waals surface area contributed by atoms with Crippen molar-refractivity contribution in [3.8, 4) is 6.07 Å². The zero-order valence-corrected chi connectivity index (χ0v) is 13.2. The molecule has 0 aromatic heterocycles. The molecular formula is C17H23N3O. The smallest absolute Gasteiger partial charge is 0.251 e. The SMILES string of the molecule is CC1(C)CC(NC(=O)c2ccc(C#N)cc2)CC(C)(C)N1. The van der Waals surface area contributed by atoms with Crippen LogP contribution in [0.15, 0.2) is 24.3 Å². The Bertz CT molecular complexity index is 551. The lowest BCUT2D eigenvalue weighted by Crippen LogP contribution is -2.62. The van der Waals surface area contributed by atoms with Gasteiger partial charge >= 0.3 is 0 Å². The van der Waals surface area contributed by atoms with Crippen molar-refractivity contribution < 1.29 is 4.79 Å². The van der Waals surface area contributed by atoms with Crippen LogP contribution < -0.4 is 10.6 Å². The minimum absolute atomic E-state index is 0.00433. The molecule has 112 valence electrons. The first-order chi connectivity index (χ1) is 9.71. The van der Waals surface area contributed by atoms with Crippen LogP contribution in [0.3, 0.4) is 0 Å². The summed E-state index contributed by atoms with van der Waals surface area (Å²) < 4.78 is 0. The molecule has 1 aliphatic rings. The Morgan fingerprint density at radius 1 is 1.19 bits per heavy atom. The van der Waals surface area contributed by atoms with Crippen LogP contribution in [0.1, 0.15) is 56.5 Å². The molecule has 0 bridgehead atoms. The third-order valence-corrected chi connectivity index (χ3v) is 3.80. The van der Waals surface area contributed by atoms with Crippen molar-refractivity contribution in [3.05, 3.63) is 35.4 Å². The van der Waals surface area contributed by atoms with Crippen LogP contribution in [-0.4, -0.2) is 23.0 Å². The maximum absolute atomic E-state index is 12.3. The molecule has 4 nitrogen and oxygen atoms in total. The normalized spacial score (nSPS) is 20.5. The molecule has 1 aromatic rings. The fourth-order valence-electron chi connectivity index (χ4n) is 3.39. The van der Waals surface area contributed by atoms with E-state index in [1.165, 1.54) is 0 Å². The van der Waals surface area contributed by atoms with Crippen molar-refractivity contribution in [1.29, 1.82) is 5.26 Å². The van der Waals surface area contributed by atoms with Gasteiger partial charge in [0.25, 0.3) is 5.91 Å². The minimum Gasteiger partial charge on any atom is -0.349 e. The van der Waals surface area contributed by atoms with E-state index in [2.05, 4.69) is 44.4 Å². The summed E-state index contributed by atoms with van der Waals surface area (Å²) in [7, 11) is 0. The van der Waals surface area contributed by atoms with Crippen LogP contribution in [0, 0.1) is 11.3 Å². The van der Waals surface area contributed by atoms with Crippen LogP contribution in [0.25, 0.3) is 0 Å². The molecule has 21 heavy (non-hydrogen) atoms. The quantitative estimate of drug-likeness (QED) is 0.878. The van der Waals surface area contributed by atoms with Crippen molar-refractivity contribution in [2.45, 2.75) is 57.7 Å². The number of amides is 1. The van der Waals surface area contributed by atoms with Gasteiger partial charge in [-0.25, -0.2) is 0 Å². The summed E-state index contributed by atoms with van der Waals surface area (Å²) in [6.45, 7) is 8.65. The van der Waals surface area contributed by atoms with E-state index in [1.807, 2.05) is 0 Å². The standard InChI is InChI=1S/C17H23N3O/c1-16(2)9-14(10-17(3,4)20-16)19-15(21)13-7-5-12(11-18)6-8-13/h5-8,14,20H,9-10H2,1-4H3,(H,19,21). The summed E-state index contributed by atoms with van der Waals surface area (Å²) in [5.41, 5.74) is 1.17. The Labute approximate surface area is 126 Å². The number of hydrogen-bond donors (Lipinski definition) is 2. The fourth-order valence-corrected chi connectivity index (χ4v) is 3.39.